The number of rotatable bonds is 2. The van der Waals surface area contributed by atoms with Gasteiger partial charge in [-0.05, 0) is 25.7 Å². The van der Waals surface area contributed by atoms with Crippen LogP contribution in [0.1, 0.15) is 38.5 Å². The summed E-state index contributed by atoms with van der Waals surface area (Å²) in [5.74, 6) is -5.19. The van der Waals surface area contributed by atoms with Crippen LogP contribution in [0.25, 0.3) is 0 Å². The second kappa shape index (κ2) is 11.6. The molecule has 0 saturated carbocycles. The summed E-state index contributed by atoms with van der Waals surface area (Å²) in [4.78, 5) is 42.5. The molecule has 2 aliphatic rings. The van der Waals surface area contributed by atoms with Crippen molar-refractivity contribution in [2.75, 3.05) is 13.1 Å². The fourth-order valence-electron chi connectivity index (χ4n) is 2.33. The first-order valence-electron chi connectivity index (χ1n) is 7.40. The zero-order chi connectivity index (χ0) is 16.5. The molecule has 0 aliphatic carbocycles. The molecule has 0 radical (unpaired) electrons. The molecule has 2 atom stereocenters. The Bertz CT molecular complexity index is 403. The Balaban J connectivity index is 0.000000403. The average Bonchev–Trinajstić information content (AvgIpc) is 2.79. The molecule has 124 valence electrons. The first-order chi connectivity index (χ1) is 10.4. The van der Waals surface area contributed by atoms with E-state index in [-0.39, 0.29) is 37.7 Å². The van der Waals surface area contributed by atoms with E-state index < -0.39 is 35.6 Å². The summed E-state index contributed by atoms with van der Waals surface area (Å²) in [5, 5.41) is 25.7. The SMILES string of the molecule is O=C([O-])C1CCCCNC1=O.O=C([O-])C1CCCCNC1=O.[Ca+2]. The first-order valence-corrected chi connectivity index (χ1v) is 7.40. The number of aliphatic carboxylic acids is 2. The van der Waals surface area contributed by atoms with Crippen LogP contribution in [0.5, 0.6) is 0 Å². The summed E-state index contributed by atoms with van der Waals surface area (Å²) < 4.78 is 0. The summed E-state index contributed by atoms with van der Waals surface area (Å²) in [7, 11) is 0. The molecule has 0 aromatic rings. The number of nitrogens with one attached hydrogen (secondary N) is 2. The Morgan fingerprint density at radius 1 is 0.783 bits per heavy atom. The van der Waals surface area contributed by atoms with Gasteiger partial charge in [0.05, 0.1) is 23.8 Å². The predicted octanol–water partition coefficient (Wildman–Crippen LogP) is -3.08. The Hall–Kier alpha value is -0.860. The van der Waals surface area contributed by atoms with Gasteiger partial charge in [0.25, 0.3) is 0 Å². The third-order valence-corrected chi connectivity index (χ3v) is 3.64. The van der Waals surface area contributed by atoms with Crippen molar-refractivity contribution in [2.24, 2.45) is 11.8 Å². The predicted molar refractivity (Wildman–Crippen MR) is 76.5 cm³/mol. The number of hydrogen-bond donors (Lipinski definition) is 2. The fourth-order valence-corrected chi connectivity index (χ4v) is 2.33. The van der Waals surface area contributed by atoms with Gasteiger partial charge in [0, 0.05) is 13.1 Å². The molecule has 2 fully saturated rings. The van der Waals surface area contributed by atoms with Crippen molar-refractivity contribution in [3.63, 3.8) is 0 Å². The van der Waals surface area contributed by atoms with E-state index in [2.05, 4.69) is 10.6 Å². The van der Waals surface area contributed by atoms with Crippen LogP contribution >= 0.6 is 0 Å². The zero-order valence-corrected chi connectivity index (χ0v) is 15.2. The Kier molecular flexibility index (Phi) is 11.2. The number of hydrogen-bond acceptors (Lipinski definition) is 6. The van der Waals surface area contributed by atoms with Crippen LogP contribution < -0.4 is 20.8 Å². The molecule has 9 heteroatoms. The van der Waals surface area contributed by atoms with Crippen LogP contribution in [-0.2, 0) is 19.2 Å². The van der Waals surface area contributed by atoms with E-state index in [1.807, 2.05) is 0 Å². The van der Waals surface area contributed by atoms with Crippen molar-refractivity contribution in [1.29, 1.82) is 0 Å². The molecule has 2 saturated heterocycles. The Morgan fingerprint density at radius 2 is 1.13 bits per heavy atom. The van der Waals surface area contributed by atoms with E-state index >= 15 is 0 Å². The molecule has 2 aliphatic heterocycles. The van der Waals surface area contributed by atoms with Gasteiger partial charge >= 0.3 is 37.7 Å². The normalized spacial score (nSPS) is 24.3. The summed E-state index contributed by atoms with van der Waals surface area (Å²) in [5.41, 5.74) is 0. The van der Waals surface area contributed by atoms with Gasteiger partial charge < -0.3 is 30.4 Å². The van der Waals surface area contributed by atoms with Gasteiger partial charge in [-0.2, -0.15) is 0 Å². The van der Waals surface area contributed by atoms with Crippen LogP contribution in [0, 0.1) is 11.8 Å². The molecule has 23 heavy (non-hydrogen) atoms. The second-order valence-corrected chi connectivity index (χ2v) is 5.32. The van der Waals surface area contributed by atoms with Gasteiger partial charge in [-0.3, -0.25) is 9.59 Å². The molecule has 0 aromatic carbocycles. The van der Waals surface area contributed by atoms with Crippen molar-refractivity contribution >= 4 is 61.5 Å². The minimum Gasteiger partial charge on any atom is -0.549 e. The van der Waals surface area contributed by atoms with Crippen LogP contribution in [0.2, 0.25) is 0 Å². The standard InChI is InChI=1S/2C7H11NO3.Ca/c2*9-6-5(7(10)11)3-1-2-4-8-6;/h2*5H,1-4H2,(H,8,9)(H,10,11);/q;;+2/p-2. The van der Waals surface area contributed by atoms with Gasteiger partial charge in [-0.25, -0.2) is 0 Å². The molecule has 8 nitrogen and oxygen atoms in total. The number of carboxylic acid groups (broad SMARTS) is 2. The molecule has 0 spiro atoms. The minimum absolute atomic E-state index is 0. The fraction of sp³-hybridized carbons (Fsp3) is 0.714. The van der Waals surface area contributed by atoms with Crippen molar-refractivity contribution in [1.82, 2.24) is 10.6 Å². The van der Waals surface area contributed by atoms with E-state index in [1.54, 1.807) is 0 Å². The maximum Gasteiger partial charge on any atom is 2.00 e. The molecule has 2 unspecified atom stereocenters. The summed E-state index contributed by atoms with van der Waals surface area (Å²) in [6.45, 7) is 1.17. The van der Waals surface area contributed by atoms with Gasteiger partial charge in [-0.1, -0.05) is 12.8 Å². The number of carbonyl (C=O) groups excluding carboxylic acids is 4. The molecule has 2 N–H and O–H groups in total. The Morgan fingerprint density at radius 3 is 1.43 bits per heavy atom. The largest absolute Gasteiger partial charge is 2.00 e. The quantitative estimate of drug-likeness (QED) is 0.399. The van der Waals surface area contributed by atoms with E-state index in [0.29, 0.717) is 25.9 Å². The molecule has 0 aromatic heterocycles. The third-order valence-electron chi connectivity index (χ3n) is 3.64. The maximum atomic E-state index is 10.9. The van der Waals surface area contributed by atoms with Crippen molar-refractivity contribution in [2.45, 2.75) is 38.5 Å². The van der Waals surface area contributed by atoms with E-state index in [0.717, 1.165) is 25.7 Å². The van der Waals surface area contributed by atoms with Gasteiger partial charge in [0.15, 0.2) is 0 Å². The monoisotopic (exact) mass is 352 g/mol. The van der Waals surface area contributed by atoms with Gasteiger partial charge in [0.2, 0.25) is 11.8 Å². The molecule has 2 rings (SSSR count). The first kappa shape index (κ1) is 22.1. The summed E-state index contributed by atoms with van der Waals surface area (Å²) in [6.07, 6.45) is 4.09. The number of carboxylic acids is 2. The maximum absolute atomic E-state index is 10.9. The van der Waals surface area contributed by atoms with Crippen LogP contribution in [-0.4, -0.2) is 74.6 Å². The van der Waals surface area contributed by atoms with Crippen LogP contribution in [0.4, 0.5) is 0 Å². The number of amides is 2. The molecule has 2 heterocycles. The summed E-state index contributed by atoms with van der Waals surface area (Å²) in [6, 6.07) is 0. The third kappa shape index (κ3) is 7.99. The molecule has 0 bridgehead atoms. The van der Waals surface area contributed by atoms with Crippen LogP contribution in [0.3, 0.4) is 0 Å². The number of carbonyl (C=O) groups is 4. The molecular formula is C14H20CaN2O6. The second-order valence-electron chi connectivity index (χ2n) is 5.32. The minimum atomic E-state index is -1.26. The molecular weight excluding hydrogens is 332 g/mol. The van der Waals surface area contributed by atoms with E-state index in [1.165, 1.54) is 0 Å². The Labute approximate surface area is 164 Å². The summed E-state index contributed by atoms with van der Waals surface area (Å²) >= 11 is 0. The van der Waals surface area contributed by atoms with Crippen molar-refractivity contribution < 1.29 is 29.4 Å². The topological polar surface area (TPSA) is 138 Å². The molecule has 2 amide bonds. The van der Waals surface area contributed by atoms with Crippen molar-refractivity contribution in [3.8, 4) is 0 Å². The van der Waals surface area contributed by atoms with E-state index in [9.17, 15) is 29.4 Å². The smallest absolute Gasteiger partial charge is 0.549 e. The van der Waals surface area contributed by atoms with Gasteiger partial charge in [-0.15, -0.1) is 0 Å². The van der Waals surface area contributed by atoms with Gasteiger partial charge in [0.1, 0.15) is 0 Å². The average molecular weight is 352 g/mol. The van der Waals surface area contributed by atoms with Crippen molar-refractivity contribution in [3.05, 3.63) is 0 Å². The van der Waals surface area contributed by atoms with E-state index in [4.69, 9.17) is 0 Å². The van der Waals surface area contributed by atoms with Crippen LogP contribution in [0.15, 0.2) is 0 Å². The zero-order valence-electron chi connectivity index (χ0n) is 13.0.